The van der Waals surface area contributed by atoms with Crippen molar-refractivity contribution >= 4 is 5.78 Å². The Labute approximate surface area is 114 Å². The van der Waals surface area contributed by atoms with Crippen LogP contribution < -0.4 is 4.74 Å². The average Bonchev–Trinajstić information content (AvgIpc) is 2.56. The lowest BCUT2D eigenvalue weighted by molar-refractivity contribution is -0.0712. The first kappa shape index (κ1) is 14.0. The maximum Gasteiger partial charge on any atom is 0.172 e. The number of carbonyl (C=O) groups is 1. The normalized spacial score (nSPS) is 24.2. The summed E-state index contributed by atoms with van der Waals surface area (Å²) in [5.41, 5.74) is -0.157. The number of aromatic nitrogens is 1. The van der Waals surface area contributed by atoms with E-state index in [1.54, 1.807) is 25.6 Å². The van der Waals surface area contributed by atoms with Crippen LogP contribution in [-0.4, -0.2) is 29.1 Å². The molecule has 19 heavy (non-hydrogen) atoms. The third kappa shape index (κ3) is 2.63. The van der Waals surface area contributed by atoms with Gasteiger partial charge in [0.2, 0.25) is 0 Å². The molecule has 4 nitrogen and oxygen atoms in total. The van der Waals surface area contributed by atoms with Crippen molar-refractivity contribution in [1.29, 1.82) is 0 Å². The zero-order chi connectivity index (χ0) is 14.3. The van der Waals surface area contributed by atoms with E-state index in [0.29, 0.717) is 17.7 Å². The molecule has 1 unspecified atom stereocenters. The lowest BCUT2D eigenvalue weighted by atomic mass is 9.81. The van der Waals surface area contributed by atoms with Gasteiger partial charge in [0, 0.05) is 6.20 Å². The second-order valence-electron chi connectivity index (χ2n) is 6.16. The summed E-state index contributed by atoms with van der Waals surface area (Å²) in [7, 11) is 1.55. The molecule has 2 rings (SSSR count). The van der Waals surface area contributed by atoms with Crippen LogP contribution in [0.5, 0.6) is 5.75 Å². The maximum absolute atomic E-state index is 12.7. The molecule has 0 aliphatic carbocycles. The van der Waals surface area contributed by atoms with Crippen molar-refractivity contribution in [3.8, 4) is 5.75 Å². The van der Waals surface area contributed by atoms with Crippen LogP contribution in [0.1, 0.15) is 44.5 Å². The fraction of sp³-hybridized carbons (Fsp3) is 0.600. The van der Waals surface area contributed by atoms with Crippen LogP contribution in [0.3, 0.4) is 0 Å². The Balaban J connectivity index is 2.34. The second kappa shape index (κ2) is 4.60. The van der Waals surface area contributed by atoms with Crippen molar-refractivity contribution in [2.45, 2.75) is 45.3 Å². The molecule has 104 valence electrons. The predicted octanol–water partition coefficient (Wildman–Crippen LogP) is 2.87. The predicted molar refractivity (Wildman–Crippen MR) is 72.5 cm³/mol. The van der Waals surface area contributed by atoms with Crippen LogP contribution in [0, 0.1) is 5.92 Å². The molecule has 0 bridgehead atoms. The zero-order valence-electron chi connectivity index (χ0n) is 12.2. The van der Waals surface area contributed by atoms with Crippen LogP contribution >= 0.6 is 0 Å². The van der Waals surface area contributed by atoms with Crippen LogP contribution in [0.2, 0.25) is 0 Å². The topological polar surface area (TPSA) is 48.4 Å². The minimum Gasteiger partial charge on any atom is -0.494 e. The third-order valence-corrected chi connectivity index (χ3v) is 3.66. The SMILES string of the molecule is COc1cnccc1C(=O)C1CC(C)(C)OC1(C)C. The van der Waals surface area contributed by atoms with E-state index in [4.69, 9.17) is 9.47 Å². The molecule has 1 aromatic rings. The summed E-state index contributed by atoms with van der Waals surface area (Å²) in [6, 6.07) is 1.71. The Morgan fingerprint density at radius 3 is 2.63 bits per heavy atom. The van der Waals surface area contributed by atoms with E-state index >= 15 is 0 Å². The van der Waals surface area contributed by atoms with Crippen molar-refractivity contribution in [3.05, 3.63) is 24.0 Å². The summed E-state index contributed by atoms with van der Waals surface area (Å²) >= 11 is 0. The van der Waals surface area contributed by atoms with Crippen molar-refractivity contribution in [2.24, 2.45) is 5.92 Å². The smallest absolute Gasteiger partial charge is 0.172 e. The van der Waals surface area contributed by atoms with Crippen molar-refractivity contribution < 1.29 is 14.3 Å². The molecule has 0 saturated carbocycles. The number of Topliss-reactive ketones (excluding diaryl/α,β-unsaturated/α-hetero) is 1. The average molecular weight is 263 g/mol. The molecule has 0 N–H and O–H groups in total. The number of nitrogens with zero attached hydrogens (tertiary/aromatic N) is 1. The first-order chi connectivity index (χ1) is 8.77. The molecule has 1 atom stereocenters. The van der Waals surface area contributed by atoms with Gasteiger partial charge in [-0.1, -0.05) is 0 Å². The van der Waals surface area contributed by atoms with Gasteiger partial charge in [-0.3, -0.25) is 9.78 Å². The van der Waals surface area contributed by atoms with Gasteiger partial charge in [0.25, 0.3) is 0 Å². The number of hydrogen-bond donors (Lipinski definition) is 0. The standard InChI is InChI=1S/C15H21NO3/c1-14(2)8-11(15(3,4)19-14)13(17)10-6-7-16-9-12(10)18-5/h6-7,9,11H,8H2,1-5H3. The highest BCUT2D eigenvalue weighted by molar-refractivity contribution is 6.01. The van der Waals surface area contributed by atoms with E-state index in [-0.39, 0.29) is 17.3 Å². The van der Waals surface area contributed by atoms with E-state index in [1.807, 2.05) is 27.7 Å². The molecule has 0 amide bonds. The van der Waals surface area contributed by atoms with Gasteiger partial charge in [-0.05, 0) is 40.2 Å². The molecule has 0 aromatic carbocycles. The fourth-order valence-corrected chi connectivity index (χ4v) is 2.90. The number of ketones is 1. The molecular formula is C15H21NO3. The highest BCUT2D eigenvalue weighted by Gasteiger charge is 2.49. The molecule has 2 heterocycles. The summed E-state index contributed by atoms with van der Waals surface area (Å²) in [5, 5.41) is 0. The van der Waals surface area contributed by atoms with Crippen molar-refractivity contribution in [2.75, 3.05) is 7.11 Å². The Bertz CT molecular complexity index is 494. The van der Waals surface area contributed by atoms with Crippen LogP contribution in [-0.2, 0) is 4.74 Å². The van der Waals surface area contributed by atoms with Gasteiger partial charge in [0.05, 0.1) is 36.0 Å². The van der Waals surface area contributed by atoms with E-state index in [1.165, 1.54) is 0 Å². The molecule has 1 aliphatic rings. The molecule has 1 aliphatic heterocycles. The number of ether oxygens (including phenoxy) is 2. The second-order valence-corrected chi connectivity index (χ2v) is 6.16. The largest absolute Gasteiger partial charge is 0.494 e. The van der Waals surface area contributed by atoms with Gasteiger partial charge < -0.3 is 9.47 Å². The molecule has 0 radical (unpaired) electrons. The van der Waals surface area contributed by atoms with Gasteiger partial charge in [0.15, 0.2) is 5.78 Å². The molecule has 1 fully saturated rings. The molecule has 1 aromatic heterocycles. The van der Waals surface area contributed by atoms with E-state index in [2.05, 4.69) is 4.98 Å². The number of hydrogen-bond acceptors (Lipinski definition) is 4. The quantitative estimate of drug-likeness (QED) is 0.787. The molecule has 1 saturated heterocycles. The summed E-state index contributed by atoms with van der Waals surface area (Å²) in [5.74, 6) is 0.418. The highest BCUT2D eigenvalue weighted by Crippen LogP contribution is 2.44. The molecule has 4 heteroatoms. The first-order valence-corrected chi connectivity index (χ1v) is 6.49. The van der Waals surface area contributed by atoms with E-state index in [0.717, 1.165) is 0 Å². The first-order valence-electron chi connectivity index (χ1n) is 6.49. The minimum absolute atomic E-state index is 0.0647. The van der Waals surface area contributed by atoms with Crippen molar-refractivity contribution in [1.82, 2.24) is 4.98 Å². The van der Waals surface area contributed by atoms with Gasteiger partial charge in [-0.2, -0.15) is 0 Å². The monoisotopic (exact) mass is 263 g/mol. The fourth-order valence-electron chi connectivity index (χ4n) is 2.90. The Morgan fingerprint density at radius 1 is 1.42 bits per heavy atom. The number of rotatable bonds is 3. The maximum atomic E-state index is 12.7. The summed E-state index contributed by atoms with van der Waals surface area (Å²) < 4.78 is 11.2. The van der Waals surface area contributed by atoms with Gasteiger partial charge >= 0.3 is 0 Å². The summed E-state index contributed by atoms with van der Waals surface area (Å²) in [6.45, 7) is 7.98. The summed E-state index contributed by atoms with van der Waals surface area (Å²) in [4.78, 5) is 16.7. The molecule has 0 spiro atoms. The third-order valence-electron chi connectivity index (χ3n) is 3.66. The zero-order valence-corrected chi connectivity index (χ0v) is 12.2. The van der Waals surface area contributed by atoms with E-state index in [9.17, 15) is 4.79 Å². The van der Waals surface area contributed by atoms with E-state index < -0.39 is 5.60 Å². The summed E-state index contributed by atoms with van der Waals surface area (Å²) in [6.07, 6.45) is 3.90. The molecular weight excluding hydrogens is 242 g/mol. The highest BCUT2D eigenvalue weighted by atomic mass is 16.5. The van der Waals surface area contributed by atoms with Crippen LogP contribution in [0.25, 0.3) is 0 Å². The van der Waals surface area contributed by atoms with Crippen LogP contribution in [0.15, 0.2) is 18.5 Å². The van der Waals surface area contributed by atoms with Crippen molar-refractivity contribution in [3.63, 3.8) is 0 Å². The van der Waals surface area contributed by atoms with Gasteiger partial charge in [0.1, 0.15) is 5.75 Å². The van der Waals surface area contributed by atoms with Gasteiger partial charge in [-0.25, -0.2) is 0 Å². The van der Waals surface area contributed by atoms with Crippen LogP contribution in [0.4, 0.5) is 0 Å². The van der Waals surface area contributed by atoms with Gasteiger partial charge in [-0.15, -0.1) is 0 Å². The lowest BCUT2D eigenvalue weighted by Gasteiger charge is -2.26. The Hall–Kier alpha value is -1.42. The minimum atomic E-state index is -0.463. The Kier molecular flexibility index (Phi) is 3.39. The Morgan fingerprint density at radius 2 is 2.11 bits per heavy atom. The number of methoxy groups -OCH3 is 1. The number of carbonyl (C=O) groups excluding carboxylic acids is 1. The lowest BCUT2D eigenvalue weighted by Crippen LogP contribution is -2.34. The number of pyridine rings is 1.